The lowest BCUT2D eigenvalue weighted by molar-refractivity contribution is 0.421. The fourth-order valence-corrected chi connectivity index (χ4v) is 2.39. The molecule has 1 rings (SSSR count). The van der Waals surface area contributed by atoms with Gasteiger partial charge < -0.3 is 5.32 Å². The van der Waals surface area contributed by atoms with E-state index in [0.29, 0.717) is 12.0 Å². The summed E-state index contributed by atoms with van der Waals surface area (Å²) in [5.41, 5.74) is 1.47. The summed E-state index contributed by atoms with van der Waals surface area (Å²) in [5, 5.41) is 5.71. The van der Waals surface area contributed by atoms with Gasteiger partial charge in [0.25, 0.3) is 0 Å². The summed E-state index contributed by atoms with van der Waals surface area (Å²) >= 11 is 1.84. The Labute approximate surface area is 85.2 Å². The molecule has 0 bridgehead atoms. The average Bonchev–Trinajstić information content (AvgIpc) is 2.47. The number of nitrogens with one attached hydrogen (secondary N) is 1. The van der Waals surface area contributed by atoms with Crippen LogP contribution in [0.4, 0.5) is 0 Å². The Morgan fingerprint density at radius 1 is 1.46 bits per heavy atom. The highest BCUT2D eigenvalue weighted by molar-refractivity contribution is 7.10. The maximum atomic E-state index is 3.53. The summed E-state index contributed by atoms with van der Waals surface area (Å²) in [6.45, 7) is 9.94. The molecule has 0 aliphatic rings. The molecule has 0 amide bonds. The lowest BCUT2D eigenvalue weighted by Gasteiger charge is -2.21. The molecule has 1 aromatic heterocycles. The summed E-state index contributed by atoms with van der Waals surface area (Å²) < 4.78 is 0. The van der Waals surface area contributed by atoms with Crippen molar-refractivity contribution < 1.29 is 0 Å². The van der Waals surface area contributed by atoms with E-state index in [1.165, 1.54) is 10.4 Å². The summed E-state index contributed by atoms with van der Waals surface area (Å²) in [6.07, 6.45) is 0. The topological polar surface area (TPSA) is 12.0 Å². The highest BCUT2D eigenvalue weighted by atomic mass is 32.1. The first-order valence-corrected chi connectivity index (χ1v) is 5.82. The van der Waals surface area contributed by atoms with Crippen LogP contribution in [-0.2, 0) is 0 Å². The van der Waals surface area contributed by atoms with E-state index in [-0.39, 0.29) is 0 Å². The van der Waals surface area contributed by atoms with Crippen molar-refractivity contribution in [3.05, 3.63) is 21.9 Å². The van der Waals surface area contributed by atoms with Gasteiger partial charge in [0.15, 0.2) is 0 Å². The van der Waals surface area contributed by atoms with Crippen molar-refractivity contribution in [2.45, 2.75) is 33.7 Å². The second kappa shape index (κ2) is 4.77. The van der Waals surface area contributed by atoms with Crippen LogP contribution in [0.1, 0.15) is 37.3 Å². The number of aryl methyl sites for hydroxylation is 1. The first kappa shape index (κ1) is 10.7. The molecule has 1 aromatic rings. The highest BCUT2D eigenvalue weighted by Gasteiger charge is 2.16. The molecule has 1 unspecified atom stereocenters. The number of hydrogen-bond donors (Lipinski definition) is 1. The van der Waals surface area contributed by atoms with Crippen molar-refractivity contribution in [1.29, 1.82) is 0 Å². The van der Waals surface area contributed by atoms with Gasteiger partial charge in [-0.05, 0) is 36.4 Å². The van der Waals surface area contributed by atoms with Crippen LogP contribution in [-0.4, -0.2) is 6.54 Å². The van der Waals surface area contributed by atoms with E-state index < -0.39 is 0 Å². The second-order valence-corrected chi connectivity index (χ2v) is 4.83. The predicted molar refractivity (Wildman–Crippen MR) is 60.3 cm³/mol. The zero-order valence-electron chi connectivity index (χ0n) is 8.92. The van der Waals surface area contributed by atoms with Gasteiger partial charge in [0, 0.05) is 10.9 Å². The van der Waals surface area contributed by atoms with Crippen LogP contribution in [0, 0.1) is 12.8 Å². The van der Waals surface area contributed by atoms with Gasteiger partial charge >= 0.3 is 0 Å². The average molecular weight is 197 g/mol. The van der Waals surface area contributed by atoms with Crippen LogP contribution in [0.2, 0.25) is 0 Å². The van der Waals surface area contributed by atoms with E-state index >= 15 is 0 Å². The molecule has 74 valence electrons. The molecular formula is C11H19NS. The Morgan fingerprint density at radius 3 is 2.54 bits per heavy atom. The van der Waals surface area contributed by atoms with Crippen molar-refractivity contribution in [3.63, 3.8) is 0 Å². The molecule has 0 aliphatic heterocycles. The van der Waals surface area contributed by atoms with Crippen molar-refractivity contribution in [2.75, 3.05) is 6.54 Å². The van der Waals surface area contributed by atoms with Crippen molar-refractivity contribution in [1.82, 2.24) is 5.32 Å². The molecule has 0 spiro atoms. The molecule has 0 radical (unpaired) electrons. The molecule has 1 nitrogen and oxygen atoms in total. The standard InChI is InChI=1S/C11H19NS/c1-5-12-11(8(2)3)10-6-7-13-9(10)4/h6-8,11-12H,5H2,1-4H3. The first-order valence-electron chi connectivity index (χ1n) is 4.94. The minimum Gasteiger partial charge on any atom is -0.310 e. The van der Waals surface area contributed by atoms with E-state index in [1.54, 1.807) is 0 Å². The SMILES string of the molecule is CCNC(c1ccsc1C)C(C)C. The zero-order valence-corrected chi connectivity index (χ0v) is 9.74. The molecule has 1 heterocycles. The quantitative estimate of drug-likeness (QED) is 0.780. The molecule has 13 heavy (non-hydrogen) atoms. The van der Waals surface area contributed by atoms with Crippen LogP contribution in [0.15, 0.2) is 11.4 Å². The van der Waals surface area contributed by atoms with Crippen LogP contribution in [0.3, 0.4) is 0 Å². The summed E-state index contributed by atoms with van der Waals surface area (Å²) in [7, 11) is 0. The maximum Gasteiger partial charge on any atom is 0.0354 e. The van der Waals surface area contributed by atoms with Crippen LogP contribution in [0.25, 0.3) is 0 Å². The molecule has 0 aliphatic carbocycles. The fraction of sp³-hybridized carbons (Fsp3) is 0.636. The highest BCUT2D eigenvalue weighted by Crippen LogP contribution is 2.27. The Bertz CT molecular complexity index is 252. The fourth-order valence-electron chi connectivity index (χ4n) is 1.64. The van der Waals surface area contributed by atoms with E-state index in [4.69, 9.17) is 0 Å². The maximum absolute atomic E-state index is 3.53. The minimum atomic E-state index is 0.524. The number of thiophene rings is 1. The molecular weight excluding hydrogens is 178 g/mol. The molecule has 0 saturated carbocycles. The van der Waals surface area contributed by atoms with E-state index in [9.17, 15) is 0 Å². The van der Waals surface area contributed by atoms with Gasteiger partial charge in [-0.2, -0.15) is 0 Å². The monoisotopic (exact) mass is 197 g/mol. The van der Waals surface area contributed by atoms with Crippen LogP contribution < -0.4 is 5.32 Å². The lowest BCUT2D eigenvalue weighted by Crippen LogP contribution is -2.25. The predicted octanol–water partition coefficient (Wildman–Crippen LogP) is 3.36. The molecule has 1 atom stereocenters. The third-order valence-corrected chi connectivity index (χ3v) is 3.19. The summed E-state index contributed by atoms with van der Waals surface area (Å²) in [4.78, 5) is 1.44. The van der Waals surface area contributed by atoms with Crippen LogP contribution in [0.5, 0.6) is 0 Å². The molecule has 0 fully saturated rings. The third-order valence-electron chi connectivity index (χ3n) is 2.32. The van der Waals surface area contributed by atoms with Gasteiger partial charge in [-0.25, -0.2) is 0 Å². The van der Waals surface area contributed by atoms with E-state index in [0.717, 1.165) is 6.54 Å². The molecule has 2 heteroatoms. The van der Waals surface area contributed by atoms with Crippen molar-refractivity contribution >= 4 is 11.3 Å². The van der Waals surface area contributed by atoms with Gasteiger partial charge in [-0.15, -0.1) is 11.3 Å². The smallest absolute Gasteiger partial charge is 0.0354 e. The van der Waals surface area contributed by atoms with Crippen molar-refractivity contribution in [2.24, 2.45) is 5.92 Å². The van der Waals surface area contributed by atoms with Gasteiger partial charge in [0.2, 0.25) is 0 Å². The van der Waals surface area contributed by atoms with Gasteiger partial charge in [0.05, 0.1) is 0 Å². The summed E-state index contributed by atoms with van der Waals surface area (Å²) in [6, 6.07) is 2.77. The molecule has 0 saturated heterocycles. The lowest BCUT2D eigenvalue weighted by atomic mass is 9.97. The Morgan fingerprint density at radius 2 is 2.15 bits per heavy atom. The minimum absolute atomic E-state index is 0.524. The first-order chi connectivity index (χ1) is 6.16. The summed E-state index contributed by atoms with van der Waals surface area (Å²) in [5.74, 6) is 0.660. The van der Waals surface area contributed by atoms with Crippen molar-refractivity contribution in [3.8, 4) is 0 Å². The van der Waals surface area contributed by atoms with Crippen LogP contribution >= 0.6 is 11.3 Å². The molecule has 1 N–H and O–H groups in total. The Hall–Kier alpha value is -0.340. The Kier molecular flexibility index (Phi) is 3.94. The zero-order chi connectivity index (χ0) is 9.84. The van der Waals surface area contributed by atoms with Gasteiger partial charge in [0.1, 0.15) is 0 Å². The normalized spacial score (nSPS) is 13.6. The van der Waals surface area contributed by atoms with E-state index in [2.05, 4.69) is 44.5 Å². The largest absolute Gasteiger partial charge is 0.310 e. The number of hydrogen-bond acceptors (Lipinski definition) is 2. The van der Waals surface area contributed by atoms with Gasteiger partial charge in [-0.1, -0.05) is 20.8 Å². The molecule has 0 aromatic carbocycles. The van der Waals surface area contributed by atoms with E-state index in [1.807, 2.05) is 11.3 Å². The second-order valence-electron chi connectivity index (χ2n) is 3.71. The van der Waals surface area contributed by atoms with Gasteiger partial charge in [-0.3, -0.25) is 0 Å². The Balaban J connectivity index is 2.82. The number of rotatable bonds is 4. The third kappa shape index (κ3) is 2.55.